The Bertz CT molecular complexity index is 1420. The van der Waals surface area contributed by atoms with Gasteiger partial charge in [-0.15, -0.1) is 0 Å². The molecule has 5 rings (SSSR count). The van der Waals surface area contributed by atoms with Crippen molar-refractivity contribution in [3.63, 3.8) is 0 Å². The van der Waals surface area contributed by atoms with Gasteiger partial charge in [0.2, 0.25) is 5.78 Å². The number of benzene rings is 2. The topological polar surface area (TPSA) is 118 Å². The summed E-state index contributed by atoms with van der Waals surface area (Å²) >= 11 is 0. The number of H-pyrrole nitrogens is 1. The molecule has 9 heteroatoms. The van der Waals surface area contributed by atoms with Gasteiger partial charge in [0, 0.05) is 6.20 Å². The Kier molecular flexibility index (Phi) is 5.28. The zero-order valence-corrected chi connectivity index (χ0v) is 17.0. The van der Waals surface area contributed by atoms with Crippen LogP contribution in [-0.2, 0) is 11.5 Å². The van der Waals surface area contributed by atoms with Crippen molar-refractivity contribution in [1.82, 2.24) is 23.9 Å². The third-order valence-electron chi connectivity index (χ3n) is 5.34. The Morgan fingerprint density at radius 3 is 2.38 bits per heavy atom. The van der Waals surface area contributed by atoms with Gasteiger partial charge in [-0.25, -0.2) is 9.38 Å². The third kappa shape index (κ3) is 3.58. The second-order valence-electron chi connectivity index (χ2n) is 7.39. The molecule has 0 bridgehead atoms. The Balaban J connectivity index is 1.49. The van der Waals surface area contributed by atoms with E-state index in [1.165, 1.54) is 10.7 Å². The first-order chi connectivity index (χ1) is 15.7. The number of aliphatic hydroxyl groups excluding tert-OH is 2. The van der Waals surface area contributed by atoms with Crippen molar-refractivity contribution in [1.29, 1.82) is 0 Å². The normalized spacial score (nSPS) is 11.7. The number of aromatic amines is 1. The summed E-state index contributed by atoms with van der Waals surface area (Å²) in [4.78, 5) is 24.9. The van der Waals surface area contributed by atoms with Crippen LogP contribution in [0.15, 0.2) is 71.9 Å². The predicted octanol–water partition coefficient (Wildman–Crippen LogP) is 2.03. The quantitative estimate of drug-likeness (QED) is 0.363. The molecule has 0 unspecified atom stereocenters. The lowest BCUT2D eigenvalue weighted by Crippen LogP contribution is -2.23. The molecule has 3 aromatic heterocycles. The molecule has 0 aliphatic heterocycles. The lowest BCUT2D eigenvalue weighted by Gasteiger charge is -2.12. The van der Waals surface area contributed by atoms with Gasteiger partial charge in [-0.3, -0.25) is 9.36 Å². The smallest absolute Gasteiger partial charge is 0.287 e. The van der Waals surface area contributed by atoms with E-state index in [0.29, 0.717) is 11.4 Å². The van der Waals surface area contributed by atoms with E-state index < -0.39 is 6.10 Å². The monoisotopic (exact) mass is 431 g/mol. The SMILES string of the molecule is O=c1c2ncn(COC(CO)CO)c2nc2[nH]c(-c3ccc(-c4ccccc4)cc3)cn12. The van der Waals surface area contributed by atoms with Crippen LogP contribution >= 0.6 is 0 Å². The molecule has 9 nitrogen and oxygen atoms in total. The maximum Gasteiger partial charge on any atom is 0.287 e. The van der Waals surface area contributed by atoms with Crippen molar-refractivity contribution in [2.45, 2.75) is 12.8 Å². The summed E-state index contributed by atoms with van der Waals surface area (Å²) in [6.07, 6.45) is 2.45. The molecule has 0 fully saturated rings. The third-order valence-corrected chi connectivity index (χ3v) is 5.34. The average Bonchev–Trinajstić information content (AvgIpc) is 3.46. The first kappa shape index (κ1) is 20.1. The van der Waals surface area contributed by atoms with Gasteiger partial charge in [-0.05, 0) is 16.7 Å². The van der Waals surface area contributed by atoms with E-state index in [-0.39, 0.29) is 31.0 Å². The Morgan fingerprint density at radius 2 is 1.66 bits per heavy atom. The van der Waals surface area contributed by atoms with Gasteiger partial charge in [0.05, 0.1) is 25.2 Å². The highest BCUT2D eigenvalue weighted by atomic mass is 16.5. The van der Waals surface area contributed by atoms with Crippen LogP contribution in [0.4, 0.5) is 0 Å². The van der Waals surface area contributed by atoms with E-state index in [1.54, 1.807) is 10.8 Å². The lowest BCUT2D eigenvalue weighted by atomic mass is 10.0. The number of hydrogen-bond donors (Lipinski definition) is 3. The highest BCUT2D eigenvalue weighted by Gasteiger charge is 2.15. The molecule has 0 amide bonds. The molecule has 0 atom stereocenters. The molecule has 3 N–H and O–H groups in total. The molecule has 32 heavy (non-hydrogen) atoms. The minimum absolute atomic E-state index is 0.000582. The largest absolute Gasteiger partial charge is 0.394 e. The fourth-order valence-corrected chi connectivity index (χ4v) is 3.56. The maximum atomic E-state index is 12.9. The number of aromatic nitrogens is 5. The summed E-state index contributed by atoms with van der Waals surface area (Å²) < 4.78 is 8.43. The van der Waals surface area contributed by atoms with Crippen LogP contribution < -0.4 is 5.56 Å². The summed E-state index contributed by atoms with van der Waals surface area (Å²) in [5.41, 5.74) is 4.19. The van der Waals surface area contributed by atoms with Gasteiger partial charge < -0.3 is 19.9 Å². The van der Waals surface area contributed by atoms with Crippen molar-refractivity contribution in [3.05, 3.63) is 77.5 Å². The number of rotatable bonds is 7. The molecule has 162 valence electrons. The number of imidazole rings is 2. The van der Waals surface area contributed by atoms with E-state index in [9.17, 15) is 4.79 Å². The number of fused-ring (bicyclic) bond motifs is 2. The molecule has 0 spiro atoms. The van der Waals surface area contributed by atoms with E-state index in [4.69, 9.17) is 14.9 Å². The first-order valence-electron chi connectivity index (χ1n) is 10.1. The number of aliphatic hydroxyl groups is 2. The maximum absolute atomic E-state index is 12.9. The second-order valence-corrected chi connectivity index (χ2v) is 7.39. The Morgan fingerprint density at radius 1 is 0.969 bits per heavy atom. The van der Waals surface area contributed by atoms with Crippen LogP contribution in [0.1, 0.15) is 0 Å². The number of nitrogens with one attached hydrogen (secondary N) is 1. The molecular formula is C23H21N5O4. The van der Waals surface area contributed by atoms with Crippen molar-refractivity contribution in [3.8, 4) is 22.4 Å². The van der Waals surface area contributed by atoms with Gasteiger partial charge >= 0.3 is 0 Å². The highest BCUT2D eigenvalue weighted by Crippen LogP contribution is 2.24. The number of nitrogens with zero attached hydrogens (tertiary/aromatic N) is 4. The minimum Gasteiger partial charge on any atom is -0.394 e. The van der Waals surface area contributed by atoms with Crippen molar-refractivity contribution < 1.29 is 14.9 Å². The zero-order valence-electron chi connectivity index (χ0n) is 17.0. The van der Waals surface area contributed by atoms with E-state index in [2.05, 4.69) is 27.1 Å². The summed E-state index contributed by atoms with van der Waals surface area (Å²) in [5, 5.41) is 18.3. The fraction of sp³-hybridized carbons (Fsp3) is 0.174. The minimum atomic E-state index is -0.715. The average molecular weight is 431 g/mol. The summed E-state index contributed by atoms with van der Waals surface area (Å²) in [6, 6.07) is 18.2. The molecule has 0 saturated heterocycles. The van der Waals surface area contributed by atoms with Gasteiger partial charge in [0.25, 0.3) is 5.56 Å². The van der Waals surface area contributed by atoms with E-state index in [1.807, 2.05) is 42.5 Å². The van der Waals surface area contributed by atoms with Crippen molar-refractivity contribution >= 4 is 16.9 Å². The molecule has 0 aliphatic rings. The summed E-state index contributed by atoms with van der Waals surface area (Å²) in [6.45, 7) is -0.627. The Labute approximate surface area is 182 Å². The molecule has 2 aromatic carbocycles. The van der Waals surface area contributed by atoms with Gasteiger partial charge in [-0.2, -0.15) is 4.98 Å². The predicted molar refractivity (Wildman–Crippen MR) is 119 cm³/mol. The first-order valence-corrected chi connectivity index (χ1v) is 10.1. The molecule has 5 aromatic rings. The lowest BCUT2D eigenvalue weighted by molar-refractivity contribution is -0.0488. The number of ether oxygens (including phenoxy) is 1. The Hall–Kier alpha value is -3.79. The summed E-state index contributed by atoms with van der Waals surface area (Å²) in [7, 11) is 0. The van der Waals surface area contributed by atoms with Crippen molar-refractivity contribution in [2.75, 3.05) is 13.2 Å². The highest BCUT2D eigenvalue weighted by molar-refractivity contribution is 5.74. The van der Waals surface area contributed by atoms with E-state index in [0.717, 1.165) is 22.4 Å². The molecule has 3 heterocycles. The molecule has 0 radical (unpaired) electrons. The standard InChI is InChI=1S/C23H21N5O4/c29-11-18(12-30)32-14-27-13-24-20-21(27)26-23-25-19(10-28(23)22(20)31)17-8-6-16(7-9-17)15-4-2-1-3-5-15/h1-10,13,18,29-30H,11-12,14H2,(H,25,26). The van der Waals surface area contributed by atoms with Gasteiger partial charge in [0.15, 0.2) is 11.2 Å². The van der Waals surface area contributed by atoms with Crippen molar-refractivity contribution in [2.24, 2.45) is 0 Å². The zero-order chi connectivity index (χ0) is 22.1. The molecular weight excluding hydrogens is 410 g/mol. The van der Waals surface area contributed by atoms with Crippen LogP contribution in [0.25, 0.3) is 39.3 Å². The van der Waals surface area contributed by atoms with Crippen LogP contribution in [-0.4, -0.2) is 53.5 Å². The summed E-state index contributed by atoms with van der Waals surface area (Å²) in [5.74, 6) is 0.382. The van der Waals surface area contributed by atoms with Crippen LogP contribution in [0.2, 0.25) is 0 Å². The number of hydrogen-bond acceptors (Lipinski definition) is 6. The molecule has 0 saturated carbocycles. The van der Waals surface area contributed by atoms with E-state index >= 15 is 0 Å². The van der Waals surface area contributed by atoms with Gasteiger partial charge in [-0.1, -0.05) is 54.6 Å². The van der Waals surface area contributed by atoms with Crippen LogP contribution in [0, 0.1) is 0 Å². The molecule has 0 aliphatic carbocycles. The second kappa shape index (κ2) is 8.39. The van der Waals surface area contributed by atoms with Gasteiger partial charge in [0.1, 0.15) is 12.8 Å². The fourth-order valence-electron chi connectivity index (χ4n) is 3.56. The van der Waals surface area contributed by atoms with Crippen LogP contribution in [0.3, 0.4) is 0 Å². The van der Waals surface area contributed by atoms with Crippen LogP contribution in [0.5, 0.6) is 0 Å².